The topological polar surface area (TPSA) is 66.2 Å². The van der Waals surface area contributed by atoms with E-state index in [1.807, 2.05) is 6.92 Å². The maximum atomic E-state index is 11.3. The number of carbonyl (C=O) groups is 1. The summed E-state index contributed by atoms with van der Waals surface area (Å²) in [6, 6.07) is 0. The quantitative estimate of drug-likeness (QED) is 0.667. The van der Waals surface area contributed by atoms with Crippen molar-refractivity contribution in [2.24, 2.45) is 7.05 Å². The first kappa shape index (κ1) is 11.6. The summed E-state index contributed by atoms with van der Waals surface area (Å²) in [5.74, 6) is 0.185. The summed E-state index contributed by atoms with van der Waals surface area (Å²) in [6.45, 7) is 4.89. The molecule has 0 saturated heterocycles. The molecule has 0 aromatic carbocycles. The average Bonchev–Trinajstić information content (AvgIpc) is 2.57. The Kier molecular flexibility index (Phi) is 4.23. The molecule has 0 saturated carbocycles. The van der Waals surface area contributed by atoms with E-state index < -0.39 is 5.97 Å². The number of nitrogens with zero attached hydrogens (tertiary/aromatic N) is 3. The van der Waals surface area contributed by atoms with Crippen molar-refractivity contribution < 1.29 is 14.3 Å². The van der Waals surface area contributed by atoms with Crippen molar-refractivity contribution in [1.82, 2.24) is 14.8 Å². The average molecular weight is 213 g/mol. The molecule has 1 aromatic rings. The number of rotatable bonds is 5. The Bertz CT molecular complexity index is 335. The molecule has 0 fully saturated rings. The van der Waals surface area contributed by atoms with Crippen LogP contribution in [0.15, 0.2) is 0 Å². The van der Waals surface area contributed by atoms with Gasteiger partial charge in [-0.1, -0.05) is 0 Å². The molecule has 84 valence electrons. The molecule has 0 N–H and O–H groups in total. The first-order chi connectivity index (χ1) is 7.19. The van der Waals surface area contributed by atoms with Gasteiger partial charge in [-0.25, -0.2) is 9.78 Å². The highest BCUT2D eigenvalue weighted by Gasteiger charge is 2.15. The van der Waals surface area contributed by atoms with Gasteiger partial charge >= 0.3 is 5.97 Å². The number of carbonyl (C=O) groups excluding carboxylic acids is 1. The molecule has 0 aliphatic rings. The summed E-state index contributed by atoms with van der Waals surface area (Å²) in [5.41, 5.74) is 0. The van der Waals surface area contributed by atoms with Crippen molar-refractivity contribution in [2.45, 2.75) is 20.5 Å². The molecule has 0 spiro atoms. The summed E-state index contributed by atoms with van der Waals surface area (Å²) in [7, 11) is 1.71. The summed E-state index contributed by atoms with van der Waals surface area (Å²) in [5, 5.41) is 3.93. The van der Waals surface area contributed by atoms with E-state index in [-0.39, 0.29) is 5.82 Å². The maximum absolute atomic E-state index is 11.3. The molecular weight excluding hydrogens is 198 g/mol. The predicted molar refractivity (Wildman–Crippen MR) is 52.3 cm³/mol. The molecule has 0 bridgehead atoms. The van der Waals surface area contributed by atoms with Gasteiger partial charge in [0.25, 0.3) is 5.82 Å². The lowest BCUT2D eigenvalue weighted by Gasteiger charge is -1.98. The second-order valence-corrected chi connectivity index (χ2v) is 2.83. The Hall–Kier alpha value is -1.43. The van der Waals surface area contributed by atoms with Crippen LogP contribution in [0.1, 0.15) is 30.3 Å². The fourth-order valence-corrected chi connectivity index (χ4v) is 1.02. The van der Waals surface area contributed by atoms with Crippen LogP contribution in [0.4, 0.5) is 0 Å². The zero-order chi connectivity index (χ0) is 11.3. The fourth-order valence-electron chi connectivity index (χ4n) is 1.02. The van der Waals surface area contributed by atoms with Crippen molar-refractivity contribution in [1.29, 1.82) is 0 Å². The monoisotopic (exact) mass is 213 g/mol. The smallest absolute Gasteiger partial charge is 0.378 e. The molecule has 0 aliphatic heterocycles. The minimum Gasteiger partial charge on any atom is -0.460 e. The van der Waals surface area contributed by atoms with Crippen molar-refractivity contribution in [3.63, 3.8) is 0 Å². The Balaban J connectivity index is 2.71. The molecular formula is C9H15N3O3. The highest BCUT2D eigenvalue weighted by atomic mass is 16.5. The van der Waals surface area contributed by atoms with Crippen molar-refractivity contribution in [3.8, 4) is 0 Å². The lowest BCUT2D eigenvalue weighted by Crippen LogP contribution is -2.07. The number of aromatic nitrogens is 3. The molecule has 1 rings (SSSR count). The maximum Gasteiger partial charge on any atom is 0.378 e. The SMILES string of the molecule is CCOCc1nc(C(=O)OCC)nn1C. The first-order valence-corrected chi connectivity index (χ1v) is 4.83. The molecule has 1 heterocycles. The summed E-state index contributed by atoms with van der Waals surface area (Å²) >= 11 is 0. The van der Waals surface area contributed by atoms with Gasteiger partial charge < -0.3 is 9.47 Å². The molecule has 0 amide bonds. The highest BCUT2D eigenvalue weighted by Crippen LogP contribution is 2.00. The van der Waals surface area contributed by atoms with E-state index in [2.05, 4.69) is 10.1 Å². The number of hydrogen-bond donors (Lipinski definition) is 0. The second kappa shape index (κ2) is 5.45. The van der Waals surface area contributed by atoms with Crippen LogP contribution in [0.3, 0.4) is 0 Å². The van der Waals surface area contributed by atoms with Crippen LogP contribution < -0.4 is 0 Å². The van der Waals surface area contributed by atoms with Gasteiger partial charge in [-0.15, -0.1) is 5.10 Å². The number of hydrogen-bond acceptors (Lipinski definition) is 5. The molecule has 1 aromatic heterocycles. The number of aryl methyl sites for hydroxylation is 1. The van der Waals surface area contributed by atoms with Gasteiger partial charge in [0, 0.05) is 13.7 Å². The van der Waals surface area contributed by atoms with Gasteiger partial charge in [0.2, 0.25) is 0 Å². The van der Waals surface area contributed by atoms with E-state index in [0.717, 1.165) is 0 Å². The van der Waals surface area contributed by atoms with Crippen LogP contribution in [-0.4, -0.2) is 33.9 Å². The minimum absolute atomic E-state index is 0.0778. The normalized spacial score (nSPS) is 10.3. The molecule has 0 radical (unpaired) electrons. The van der Waals surface area contributed by atoms with Crippen LogP contribution in [0.5, 0.6) is 0 Å². The predicted octanol–water partition coefficient (Wildman–Crippen LogP) is 0.528. The fraction of sp³-hybridized carbons (Fsp3) is 0.667. The molecule has 6 heteroatoms. The lowest BCUT2D eigenvalue weighted by molar-refractivity contribution is 0.0511. The van der Waals surface area contributed by atoms with E-state index in [1.165, 1.54) is 4.68 Å². The van der Waals surface area contributed by atoms with Crippen molar-refractivity contribution in [3.05, 3.63) is 11.6 Å². The Morgan fingerprint density at radius 1 is 1.40 bits per heavy atom. The summed E-state index contributed by atoms with van der Waals surface area (Å²) in [6.07, 6.45) is 0. The zero-order valence-corrected chi connectivity index (χ0v) is 9.19. The standard InChI is InChI=1S/C9H15N3O3/c1-4-14-6-7-10-8(11-12(7)3)9(13)15-5-2/h4-6H2,1-3H3. The third-order valence-corrected chi connectivity index (χ3v) is 1.75. The van der Waals surface area contributed by atoms with Gasteiger partial charge in [-0.3, -0.25) is 4.68 Å². The van der Waals surface area contributed by atoms with Crippen LogP contribution in [-0.2, 0) is 23.1 Å². The Morgan fingerprint density at radius 2 is 2.13 bits per heavy atom. The third kappa shape index (κ3) is 3.02. The van der Waals surface area contributed by atoms with Crippen LogP contribution in [0.2, 0.25) is 0 Å². The number of esters is 1. The summed E-state index contributed by atoms with van der Waals surface area (Å²) < 4.78 is 11.5. The second-order valence-electron chi connectivity index (χ2n) is 2.83. The van der Waals surface area contributed by atoms with E-state index in [0.29, 0.717) is 25.6 Å². The van der Waals surface area contributed by atoms with Gasteiger partial charge in [0.15, 0.2) is 5.82 Å². The molecule has 0 aliphatic carbocycles. The first-order valence-electron chi connectivity index (χ1n) is 4.83. The Morgan fingerprint density at radius 3 is 2.73 bits per heavy atom. The Labute approximate surface area is 88.2 Å². The third-order valence-electron chi connectivity index (χ3n) is 1.75. The molecule has 0 unspecified atom stereocenters. The van der Waals surface area contributed by atoms with E-state index >= 15 is 0 Å². The minimum atomic E-state index is -0.504. The van der Waals surface area contributed by atoms with Crippen LogP contribution in [0.25, 0.3) is 0 Å². The largest absolute Gasteiger partial charge is 0.460 e. The van der Waals surface area contributed by atoms with Gasteiger partial charge in [0.05, 0.1) is 6.61 Å². The molecule has 15 heavy (non-hydrogen) atoms. The van der Waals surface area contributed by atoms with Crippen LogP contribution in [0, 0.1) is 0 Å². The highest BCUT2D eigenvalue weighted by molar-refractivity contribution is 5.84. The summed E-state index contributed by atoms with van der Waals surface area (Å²) in [4.78, 5) is 15.3. The van der Waals surface area contributed by atoms with E-state index in [9.17, 15) is 4.79 Å². The zero-order valence-electron chi connectivity index (χ0n) is 9.19. The van der Waals surface area contributed by atoms with Crippen LogP contribution >= 0.6 is 0 Å². The van der Waals surface area contributed by atoms with Gasteiger partial charge in [0.1, 0.15) is 6.61 Å². The lowest BCUT2D eigenvalue weighted by atomic mass is 10.6. The van der Waals surface area contributed by atoms with Gasteiger partial charge in [-0.05, 0) is 13.8 Å². The van der Waals surface area contributed by atoms with E-state index in [1.54, 1.807) is 14.0 Å². The van der Waals surface area contributed by atoms with Crippen molar-refractivity contribution >= 4 is 5.97 Å². The molecule has 0 atom stereocenters. The van der Waals surface area contributed by atoms with Gasteiger partial charge in [-0.2, -0.15) is 0 Å². The number of ether oxygens (including phenoxy) is 2. The van der Waals surface area contributed by atoms with E-state index in [4.69, 9.17) is 9.47 Å². The molecule has 6 nitrogen and oxygen atoms in total. The van der Waals surface area contributed by atoms with Crippen molar-refractivity contribution in [2.75, 3.05) is 13.2 Å².